The van der Waals surface area contributed by atoms with Crippen LogP contribution in [-0.2, 0) is 27.1 Å². The van der Waals surface area contributed by atoms with E-state index in [1.165, 1.54) is 112 Å². The summed E-state index contributed by atoms with van der Waals surface area (Å²) in [5.74, 6) is 0. The van der Waals surface area contributed by atoms with Crippen LogP contribution in [0.4, 0.5) is 28.4 Å². The van der Waals surface area contributed by atoms with Crippen LogP contribution in [0, 0.1) is 6.92 Å². The Morgan fingerprint density at radius 1 is 0.453 bits per heavy atom. The van der Waals surface area contributed by atoms with Crippen LogP contribution in [0.1, 0.15) is 135 Å². The fourth-order valence-corrected chi connectivity index (χ4v) is 13.7. The van der Waals surface area contributed by atoms with Crippen LogP contribution >= 0.6 is 0 Å². The van der Waals surface area contributed by atoms with Gasteiger partial charge in [0.2, 0.25) is 0 Å². The molecule has 4 heteroatoms. The van der Waals surface area contributed by atoms with Gasteiger partial charge in [-0.1, -0.05) is 185 Å². The van der Waals surface area contributed by atoms with E-state index in [0.29, 0.717) is 0 Å². The summed E-state index contributed by atoms with van der Waals surface area (Å²) in [7, 11) is 0. The summed E-state index contributed by atoms with van der Waals surface area (Å²) in [6.07, 6.45) is 4.56. The maximum absolute atomic E-state index is 7.86. The number of furan rings is 1. The summed E-state index contributed by atoms with van der Waals surface area (Å²) < 4.78 is 7.86. The number of hydrogen-bond acceptors (Lipinski definition) is 3. The van der Waals surface area contributed by atoms with Gasteiger partial charge in [0, 0.05) is 33.6 Å². The number of aryl methyl sites for hydroxylation is 1. The zero-order chi connectivity index (χ0) is 52.1. The van der Waals surface area contributed by atoms with E-state index in [2.05, 4.69) is 257 Å². The van der Waals surface area contributed by atoms with Crippen LogP contribution in [0.3, 0.4) is 0 Å². The predicted molar refractivity (Wildman–Crippen MR) is 320 cm³/mol. The minimum atomic E-state index is -0.303. The number of fused-ring (bicyclic) bond motifs is 8. The van der Waals surface area contributed by atoms with Crippen molar-refractivity contribution in [3.63, 3.8) is 0 Å². The Kier molecular flexibility index (Phi) is 10.5. The Morgan fingerprint density at radius 2 is 1.05 bits per heavy atom. The molecule has 0 amide bonds. The van der Waals surface area contributed by atoms with Crippen molar-refractivity contribution in [1.29, 1.82) is 0 Å². The lowest BCUT2D eigenvalue weighted by Crippen LogP contribution is -2.61. The number of benzene rings is 8. The average molecular weight is 979 g/mol. The van der Waals surface area contributed by atoms with E-state index in [4.69, 9.17) is 4.42 Å². The van der Waals surface area contributed by atoms with Gasteiger partial charge in [-0.3, -0.25) is 0 Å². The minimum Gasteiger partial charge on any atom is -0.466 e. The van der Waals surface area contributed by atoms with Gasteiger partial charge in [0.1, 0.15) is 11.2 Å². The molecule has 0 atom stereocenters. The first-order valence-corrected chi connectivity index (χ1v) is 27.7. The SMILES string of the molecule is Cc1ccccc1-c1cc2c3c(c1)N(c1ccc(C(C)(C)C)cc1-c1ccccc1)c1c(oc4cc5c(cc14)C(C)(C)CCC5(C)C)B3N(c1ccc3c(c1)C(C)(C)CCC3(C)C)c1cc(-c3ccccc3)ccc1-2. The van der Waals surface area contributed by atoms with E-state index in [1.807, 2.05) is 0 Å². The minimum absolute atomic E-state index is 0.00122. The van der Waals surface area contributed by atoms with Crippen molar-refractivity contribution in [3.05, 3.63) is 197 Å². The van der Waals surface area contributed by atoms with E-state index >= 15 is 0 Å². The molecule has 0 fully saturated rings. The van der Waals surface area contributed by atoms with E-state index in [0.717, 1.165) is 41.9 Å². The molecule has 374 valence electrons. The van der Waals surface area contributed by atoms with Crippen LogP contribution in [0.25, 0.3) is 55.5 Å². The monoisotopic (exact) mass is 979 g/mol. The maximum Gasteiger partial charge on any atom is 0.375 e. The number of anilines is 5. The second-order valence-electron chi connectivity index (χ2n) is 26.3. The highest BCUT2D eigenvalue weighted by Crippen LogP contribution is 2.56. The Hall–Kier alpha value is -7.04. The van der Waals surface area contributed by atoms with Crippen molar-refractivity contribution in [3.8, 4) is 44.5 Å². The van der Waals surface area contributed by atoms with E-state index < -0.39 is 0 Å². The Labute approximate surface area is 446 Å². The first kappa shape index (κ1) is 47.7. The third-order valence-electron chi connectivity index (χ3n) is 18.5. The molecular weight excluding hydrogens is 908 g/mol. The fraction of sp³-hybridized carbons (Fsp3) is 0.296. The van der Waals surface area contributed by atoms with Gasteiger partial charge in [-0.2, -0.15) is 0 Å². The van der Waals surface area contributed by atoms with Gasteiger partial charge in [0.05, 0.1) is 11.4 Å². The third-order valence-corrected chi connectivity index (χ3v) is 18.5. The largest absolute Gasteiger partial charge is 0.466 e. The molecule has 9 aromatic rings. The Morgan fingerprint density at radius 3 is 1.72 bits per heavy atom. The summed E-state index contributed by atoms with van der Waals surface area (Å²) in [5.41, 5.74) is 27.1. The zero-order valence-electron chi connectivity index (χ0n) is 46.3. The fourth-order valence-electron chi connectivity index (χ4n) is 13.7. The number of nitrogens with zero attached hydrogens (tertiary/aromatic N) is 2. The van der Waals surface area contributed by atoms with Crippen LogP contribution in [-0.4, -0.2) is 6.85 Å². The molecule has 2 aliphatic heterocycles. The average Bonchev–Trinajstić information content (AvgIpc) is 3.86. The number of hydrogen-bond donors (Lipinski definition) is 0. The molecule has 0 saturated carbocycles. The zero-order valence-corrected chi connectivity index (χ0v) is 46.3. The van der Waals surface area contributed by atoms with Crippen molar-refractivity contribution in [2.24, 2.45) is 0 Å². The molecule has 3 nitrogen and oxygen atoms in total. The maximum atomic E-state index is 7.86. The molecule has 1 aromatic heterocycles. The molecule has 0 spiro atoms. The predicted octanol–water partition coefficient (Wildman–Crippen LogP) is 18.4. The molecule has 75 heavy (non-hydrogen) atoms. The lowest BCUT2D eigenvalue weighted by Gasteiger charge is -2.46. The molecule has 0 unspecified atom stereocenters. The molecule has 0 N–H and O–H groups in total. The Balaban J connectivity index is 1.21. The standard InChI is InChI=1S/C71H71BN2O/c1-44-21-19-20-26-51(44)48-37-54-52-30-27-47(45-22-15-13-16-23-45)38-61(52)74(50-29-31-56-57(41-50)69(7,8)34-33-68(56,5)6)72-64(54)62(39-48)73(60-32-28-49(67(2,3)4)40-53(60)46-24-17-14-18-25-46)65-55-42-58-59(43-63(55)75-66(65)72)71(11,12)36-35-70(58,9)10/h13-32,37-43H,33-36H2,1-12H3. The van der Waals surface area contributed by atoms with Crippen molar-refractivity contribution in [1.82, 2.24) is 0 Å². The van der Waals surface area contributed by atoms with Gasteiger partial charge in [-0.25, -0.2) is 0 Å². The van der Waals surface area contributed by atoms with Crippen molar-refractivity contribution in [2.45, 2.75) is 136 Å². The third kappa shape index (κ3) is 7.44. The van der Waals surface area contributed by atoms with E-state index in [1.54, 1.807) is 0 Å². The smallest absolute Gasteiger partial charge is 0.375 e. The van der Waals surface area contributed by atoms with E-state index in [9.17, 15) is 0 Å². The van der Waals surface area contributed by atoms with Gasteiger partial charge in [-0.15, -0.1) is 0 Å². The molecule has 13 rings (SSSR count). The van der Waals surface area contributed by atoms with Crippen molar-refractivity contribution >= 4 is 57.4 Å². The van der Waals surface area contributed by atoms with Crippen LogP contribution in [0.2, 0.25) is 0 Å². The molecule has 0 saturated heterocycles. The molecule has 3 heterocycles. The van der Waals surface area contributed by atoms with Crippen LogP contribution < -0.4 is 20.8 Å². The van der Waals surface area contributed by atoms with E-state index in [-0.39, 0.29) is 33.9 Å². The highest BCUT2D eigenvalue weighted by Gasteiger charge is 2.50. The van der Waals surface area contributed by atoms with Crippen LogP contribution in [0.5, 0.6) is 0 Å². The second kappa shape index (κ2) is 16.5. The highest BCUT2D eigenvalue weighted by molar-refractivity contribution is 6.93. The molecular formula is C71H71BN2O. The van der Waals surface area contributed by atoms with Gasteiger partial charge in [0.25, 0.3) is 0 Å². The summed E-state index contributed by atoms with van der Waals surface area (Å²) in [5, 5.41) is 1.17. The van der Waals surface area contributed by atoms with Gasteiger partial charge in [-0.05, 0) is 187 Å². The van der Waals surface area contributed by atoms with Crippen molar-refractivity contribution in [2.75, 3.05) is 9.71 Å². The second-order valence-corrected chi connectivity index (χ2v) is 26.3. The topological polar surface area (TPSA) is 19.6 Å². The van der Waals surface area contributed by atoms with Gasteiger partial charge in [0.15, 0.2) is 0 Å². The highest BCUT2D eigenvalue weighted by atomic mass is 16.3. The first-order chi connectivity index (χ1) is 35.7. The molecule has 4 aliphatic rings. The lowest BCUT2D eigenvalue weighted by molar-refractivity contribution is 0.332. The lowest BCUT2D eigenvalue weighted by atomic mass is 9.45. The molecule has 2 aliphatic carbocycles. The Bertz CT molecular complexity index is 3790. The summed E-state index contributed by atoms with van der Waals surface area (Å²) in [6.45, 7) is 28.5. The van der Waals surface area contributed by atoms with Gasteiger partial charge < -0.3 is 14.1 Å². The number of rotatable bonds is 5. The quantitative estimate of drug-likeness (QED) is 0.160. The van der Waals surface area contributed by atoms with Gasteiger partial charge >= 0.3 is 6.85 Å². The van der Waals surface area contributed by atoms with Crippen LogP contribution in [0.15, 0.2) is 168 Å². The molecule has 0 bridgehead atoms. The molecule has 0 radical (unpaired) electrons. The first-order valence-electron chi connectivity index (χ1n) is 27.7. The summed E-state index contributed by atoms with van der Waals surface area (Å²) >= 11 is 0. The normalized spacial score (nSPS) is 17.5. The summed E-state index contributed by atoms with van der Waals surface area (Å²) in [6, 6.07) is 62.9. The van der Waals surface area contributed by atoms with Crippen molar-refractivity contribution < 1.29 is 4.42 Å². The summed E-state index contributed by atoms with van der Waals surface area (Å²) in [4.78, 5) is 5.33. The molecule has 8 aromatic carbocycles.